The number of ether oxygens (including phenoxy) is 2. The maximum atomic E-state index is 10.8. The van der Waals surface area contributed by atoms with E-state index in [4.69, 9.17) is 15.2 Å². The SMILES string of the molecule is NC1CCCCC1OCC1CNC(=O)O1. The van der Waals surface area contributed by atoms with Gasteiger partial charge in [-0.15, -0.1) is 0 Å². The van der Waals surface area contributed by atoms with Gasteiger partial charge in [0, 0.05) is 6.04 Å². The Morgan fingerprint density at radius 1 is 1.47 bits per heavy atom. The Balaban J connectivity index is 1.70. The third-order valence-corrected chi connectivity index (χ3v) is 3.00. The van der Waals surface area contributed by atoms with Crippen LogP contribution in [0.2, 0.25) is 0 Å². The lowest BCUT2D eigenvalue weighted by Crippen LogP contribution is -2.41. The van der Waals surface area contributed by atoms with Gasteiger partial charge in [0.05, 0.1) is 19.3 Å². The molecule has 0 radical (unpaired) electrons. The fraction of sp³-hybridized carbons (Fsp3) is 0.900. The van der Waals surface area contributed by atoms with Crippen molar-refractivity contribution in [2.24, 2.45) is 5.73 Å². The van der Waals surface area contributed by atoms with Gasteiger partial charge >= 0.3 is 6.09 Å². The van der Waals surface area contributed by atoms with Gasteiger partial charge in [0.2, 0.25) is 0 Å². The van der Waals surface area contributed by atoms with Crippen LogP contribution in [0.5, 0.6) is 0 Å². The number of carbonyl (C=O) groups is 1. The molecule has 3 unspecified atom stereocenters. The summed E-state index contributed by atoms with van der Waals surface area (Å²) in [5.74, 6) is 0. The Bertz CT molecular complexity index is 235. The molecule has 1 aliphatic heterocycles. The minimum atomic E-state index is -0.350. The van der Waals surface area contributed by atoms with E-state index < -0.39 is 0 Å². The lowest BCUT2D eigenvalue weighted by atomic mass is 9.93. The summed E-state index contributed by atoms with van der Waals surface area (Å²) in [4.78, 5) is 10.8. The number of carbonyl (C=O) groups excluding carboxylic acids is 1. The quantitative estimate of drug-likeness (QED) is 0.712. The smallest absolute Gasteiger partial charge is 0.407 e. The zero-order valence-electron chi connectivity index (χ0n) is 8.78. The van der Waals surface area contributed by atoms with Crippen molar-refractivity contribution in [3.05, 3.63) is 0 Å². The van der Waals surface area contributed by atoms with Crippen LogP contribution in [0.3, 0.4) is 0 Å². The first kappa shape index (κ1) is 10.7. The molecule has 1 saturated heterocycles. The van der Waals surface area contributed by atoms with Crippen LogP contribution >= 0.6 is 0 Å². The number of amides is 1. The second kappa shape index (κ2) is 4.81. The predicted molar refractivity (Wildman–Crippen MR) is 54.5 cm³/mol. The molecule has 15 heavy (non-hydrogen) atoms. The molecule has 1 heterocycles. The Kier molecular flexibility index (Phi) is 3.43. The largest absolute Gasteiger partial charge is 0.442 e. The van der Waals surface area contributed by atoms with Crippen molar-refractivity contribution in [2.75, 3.05) is 13.2 Å². The highest BCUT2D eigenvalue weighted by atomic mass is 16.6. The van der Waals surface area contributed by atoms with E-state index in [9.17, 15) is 4.79 Å². The van der Waals surface area contributed by atoms with E-state index in [0.29, 0.717) is 13.2 Å². The van der Waals surface area contributed by atoms with Crippen molar-refractivity contribution in [3.63, 3.8) is 0 Å². The lowest BCUT2D eigenvalue weighted by Gasteiger charge is -2.29. The molecule has 86 valence electrons. The van der Waals surface area contributed by atoms with Crippen LogP contribution in [0.4, 0.5) is 4.79 Å². The van der Waals surface area contributed by atoms with Crippen LogP contribution < -0.4 is 11.1 Å². The minimum Gasteiger partial charge on any atom is -0.442 e. The Morgan fingerprint density at radius 2 is 2.27 bits per heavy atom. The monoisotopic (exact) mass is 214 g/mol. The van der Waals surface area contributed by atoms with Crippen LogP contribution in [-0.2, 0) is 9.47 Å². The zero-order chi connectivity index (χ0) is 10.7. The summed E-state index contributed by atoms with van der Waals surface area (Å²) >= 11 is 0. The lowest BCUT2D eigenvalue weighted by molar-refractivity contribution is -0.0241. The fourth-order valence-corrected chi connectivity index (χ4v) is 2.09. The molecular weight excluding hydrogens is 196 g/mol. The summed E-state index contributed by atoms with van der Waals surface area (Å²) in [5, 5.41) is 2.60. The summed E-state index contributed by atoms with van der Waals surface area (Å²) in [6.07, 6.45) is 4.08. The van der Waals surface area contributed by atoms with E-state index in [1.807, 2.05) is 0 Å². The molecule has 2 aliphatic rings. The van der Waals surface area contributed by atoms with Crippen LogP contribution in [0.25, 0.3) is 0 Å². The summed E-state index contributed by atoms with van der Waals surface area (Å²) in [5.41, 5.74) is 5.94. The molecule has 1 amide bonds. The van der Waals surface area contributed by atoms with Crippen molar-refractivity contribution in [1.82, 2.24) is 5.32 Å². The number of cyclic esters (lactones) is 1. The molecular formula is C10H18N2O3. The summed E-state index contributed by atoms with van der Waals surface area (Å²) in [6.45, 7) is 0.998. The minimum absolute atomic E-state index is 0.137. The van der Waals surface area contributed by atoms with Crippen molar-refractivity contribution >= 4 is 6.09 Å². The molecule has 3 N–H and O–H groups in total. The second-order valence-corrected chi connectivity index (χ2v) is 4.23. The first-order valence-corrected chi connectivity index (χ1v) is 5.57. The number of nitrogens with two attached hydrogens (primary N) is 1. The number of rotatable bonds is 3. The van der Waals surface area contributed by atoms with Gasteiger partial charge in [-0.25, -0.2) is 4.79 Å². The Morgan fingerprint density at radius 3 is 2.93 bits per heavy atom. The van der Waals surface area contributed by atoms with Crippen LogP contribution in [-0.4, -0.2) is 37.5 Å². The van der Waals surface area contributed by atoms with Crippen LogP contribution in [0.15, 0.2) is 0 Å². The first-order chi connectivity index (χ1) is 7.25. The van der Waals surface area contributed by atoms with E-state index in [1.165, 1.54) is 12.8 Å². The van der Waals surface area contributed by atoms with Gasteiger partial charge < -0.3 is 20.5 Å². The molecule has 1 saturated carbocycles. The Labute approximate surface area is 89.3 Å². The van der Waals surface area contributed by atoms with Gasteiger partial charge in [0.25, 0.3) is 0 Å². The molecule has 0 aromatic rings. The fourth-order valence-electron chi connectivity index (χ4n) is 2.09. The van der Waals surface area contributed by atoms with Crippen molar-refractivity contribution in [1.29, 1.82) is 0 Å². The summed E-state index contributed by atoms with van der Waals surface area (Å²) in [6, 6.07) is 0.142. The van der Waals surface area contributed by atoms with E-state index in [0.717, 1.165) is 12.8 Å². The topological polar surface area (TPSA) is 73.6 Å². The highest BCUT2D eigenvalue weighted by Crippen LogP contribution is 2.20. The van der Waals surface area contributed by atoms with Crippen molar-refractivity contribution in [3.8, 4) is 0 Å². The molecule has 0 bridgehead atoms. The molecule has 5 nitrogen and oxygen atoms in total. The van der Waals surface area contributed by atoms with Gasteiger partial charge in [-0.3, -0.25) is 0 Å². The second-order valence-electron chi connectivity index (χ2n) is 4.23. The predicted octanol–water partition coefficient (Wildman–Crippen LogP) is 0.381. The highest BCUT2D eigenvalue weighted by Gasteiger charge is 2.27. The molecule has 2 rings (SSSR count). The molecule has 0 spiro atoms. The first-order valence-electron chi connectivity index (χ1n) is 5.57. The van der Waals surface area contributed by atoms with E-state index >= 15 is 0 Å². The highest BCUT2D eigenvalue weighted by molar-refractivity contribution is 5.69. The van der Waals surface area contributed by atoms with Gasteiger partial charge in [-0.2, -0.15) is 0 Å². The number of hydrogen-bond acceptors (Lipinski definition) is 4. The third-order valence-electron chi connectivity index (χ3n) is 3.00. The summed E-state index contributed by atoms with van der Waals surface area (Å²) < 4.78 is 10.7. The molecule has 3 atom stereocenters. The van der Waals surface area contributed by atoms with E-state index in [1.54, 1.807) is 0 Å². The molecule has 0 aromatic heterocycles. The standard InChI is InChI=1S/C10H18N2O3/c11-8-3-1-2-4-9(8)14-6-7-5-12-10(13)15-7/h7-9H,1-6,11H2,(H,12,13). The molecule has 5 heteroatoms. The van der Waals surface area contributed by atoms with Crippen molar-refractivity contribution in [2.45, 2.75) is 43.9 Å². The summed E-state index contributed by atoms with van der Waals surface area (Å²) in [7, 11) is 0. The van der Waals surface area contributed by atoms with Crippen LogP contribution in [0, 0.1) is 0 Å². The maximum absolute atomic E-state index is 10.8. The Hall–Kier alpha value is -0.810. The maximum Gasteiger partial charge on any atom is 0.407 e. The number of nitrogens with one attached hydrogen (secondary N) is 1. The van der Waals surface area contributed by atoms with Gasteiger partial charge in [-0.05, 0) is 12.8 Å². The average Bonchev–Trinajstić information content (AvgIpc) is 2.63. The number of alkyl carbamates (subject to hydrolysis) is 1. The van der Waals surface area contributed by atoms with Crippen molar-refractivity contribution < 1.29 is 14.3 Å². The molecule has 0 aromatic carbocycles. The number of hydrogen-bond donors (Lipinski definition) is 2. The third kappa shape index (κ3) is 2.82. The normalized spacial score (nSPS) is 36.1. The van der Waals surface area contributed by atoms with E-state index in [2.05, 4.69) is 5.32 Å². The van der Waals surface area contributed by atoms with Gasteiger partial charge in [-0.1, -0.05) is 12.8 Å². The van der Waals surface area contributed by atoms with Gasteiger partial charge in [0.15, 0.2) is 0 Å². The zero-order valence-corrected chi connectivity index (χ0v) is 8.78. The average molecular weight is 214 g/mol. The van der Waals surface area contributed by atoms with E-state index in [-0.39, 0.29) is 24.3 Å². The van der Waals surface area contributed by atoms with Crippen LogP contribution in [0.1, 0.15) is 25.7 Å². The molecule has 2 fully saturated rings. The molecule has 1 aliphatic carbocycles. The van der Waals surface area contributed by atoms with Gasteiger partial charge in [0.1, 0.15) is 6.10 Å².